The molecule has 0 spiro atoms. The first-order chi connectivity index (χ1) is 8.84. The minimum absolute atomic E-state index is 0.0177. The van der Waals surface area contributed by atoms with Gasteiger partial charge < -0.3 is 14.8 Å². The predicted octanol–water partition coefficient (Wildman–Crippen LogP) is 1.34. The standard InChI is InChI=1S/C14H23NO3/c16-14(18-9-10-4-6-17-7-5-10)13-12-3-1-2-11(12)8-15-13/h10-13,15H,1-9H2. The fourth-order valence-electron chi connectivity index (χ4n) is 3.65. The van der Waals surface area contributed by atoms with Crippen LogP contribution in [0.15, 0.2) is 0 Å². The summed E-state index contributed by atoms with van der Waals surface area (Å²) < 4.78 is 10.8. The first-order valence-electron chi connectivity index (χ1n) is 7.32. The minimum atomic E-state index is -0.0302. The number of fused-ring (bicyclic) bond motifs is 1. The van der Waals surface area contributed by atoms with Crippen LogP contribution in [0.5, 0.6) is 0 Å². The average molecular weight is 253 g/mol. The molecule has 3 atom stereocenters. The molecule has 4 heteroatoms. The van der Waals surface area contributed by atoms with Crippen LogP contribution in [0.3, 0.4) is 0 Å². The molecule has 3 unspecified atom stereocenters. The Balaban J connectivity index is 1.46. The predicted molar refractivity (Wildman–Crippen MR) is 67.1 cm³/mol. The van der Waals surface area contributed by atoms with Gasteiger partial charge in [0.2, 0.25) is 0 Å². The summed E-state index contributed by atoms with van der Waals surface area (Å²) in [5.41, 5.74) is 0. The lowest BCUT2D eigenvalue weighted by Gasteiger charge is -2.23. The molecule has 3 rings (SSSR count). The molecule has 102 valence electrons. The number of carbonyl (C=O) groups excluding carboxylic acids is 1. The van der Waals surface area contributed by atoms with Crippen LogP contribution < -0.4 is 5.32 Å². The van der Waals surface area contributed by atoms with E-state index in [0.717, 1.165) is 32.6 Å². The third-order valence-electron chi connectivity index (χ3n) is 4.80. The molecule has 2 saturated heterocycles. The highest BCUT2D eigenvalue weighted by Crippen LogP contribution is 2.38. The van der Waals surface area contributed by atoms with E-state index in [0.29, 0.717) is 24.4 Å². The topological polar surface area (TPSA) is 47.6 Å². The third-order valence-corrected chi connectivity index (χ3v) is 4.80. The Hall–Kier alpha value is -0.610. The number of esters is 1. The van der Waals surface area contributed by atoms with Crippen LogP contribution in [0, 0.1) is 17.8 Å². The highest BCUT2D eigenvalue weighted by Gasteiger charge is 2.43. The van der Waals surface area contributed by atoms with Crippen LogP contribution in [0.4, 0.5) is 0 Å². The van der Waals surface area contributed by atoms with E-state index in [9.17, 15) is 4.79 Å². The van der Waals surface area contributed by atoms with Gasteiger partial charge in [0.05, 0.1) is 6.61 Å². The van der Waals surface area contributed by atoms with Crippen LogP contribution >= 0.6 is 0 Å². The van der Waals surface area contributed by atoms with E-state index in [1.165, 1.54) is 19.3 Å². The molecule has 0 aromatic heterocycles. The number of hydrogen-bond donors (Lipinski definition) is 1. The van der Waals surface area contributed by atoms with Crippen LogP contribution in [0.2, 0.25) is 0 Å². The van der Waals surface area contributed by atoms with E-state index in [2.05, 4.69) is 5.32 Å². The van der Waals surface area contributed by atoms with Gasteiger partial charge in [0, 0.05) is 13.2 Å². The lowest BCUT2D eigenvalue weighted by atomic mass is 9.94. The van der Waals surface area contributed by atoms with Crippen LogP contribution in [-0.4, -0.2) is 38.4 Å². The van der Waals surface area contributed by atoms with Gasteiger partial charge in [-0.05, 0) is 50.0 Å². The quantitative estimate of drug-likeness (QED) is 0.771. The van der Waals surface area contributed by atoms with Crippen molar-refractivity contribution in [1.29, 1.82) is 0 Å². The van der Waals surface area contributed by atoms with E-state index in [1.807, 2.05) is 0 Å². The lowest BCUT2D eigenvalue weighted by Crippen LogP contribution is -2.38. The monoisotopic (exact) mass is 253 g/mol. The zero-order valence-corrected chi connectivity index (χ0v) is 10.9. The summed E-state index contributed by atoms with van der Waals surface area (Å²) in [5, 5.41) is 3.35. The Morgan fingerprint density at radius 1 is 1.22 bits per heavy atom. The van der Waals surface area contributed by atoms with Gasteiger partial charge in [-0.25, -0.2) is 0 Å². The van der Waals surface area contributed by atoms with Crippen LogP contribution in [0.25, 0.3) is 0 Å². The Morgan fingerprint density at radius 2 is 2.06 bits per heavy atom. The number of rotatable bonds is 3. The molecule has 4 nitrogen and oxygen atoms in total. The first kappa shape index (κ1) is 12.4. The van der Waals surface area contributed by atoms with Crippen molar-refractivity contribution in [2.45, 2.75) is 38.1 Å². The van der Waals surface area contributed by atoms with Crippen molar-refractivity contribution < 1.29 is 14.3 Å². The maximum absolute atomic E-state index is 12.1. The summed E-state index contributed by atoms with van der Waals surface area (Å²) in [7, 11) is 0. The molecule has 1 aliphatic carbocycles. The number of nitrogens with one attached hydrogen (secondary N) is 1. The van der Waals surface area contributed by atoms with Crippen molar-refractivity contribution in [2.24, 2.45) is 17.8 Å². The van der Waals surface area contributed by atoms with Gasteiger partial charge >= 0.3 is 5.97 Å². The summed E-state index contributed by atoms with van der Waals surface area (Å²) in [6.07, 6.45) is 5.80. The maximum atomic E-state index is 12.1. The van der Waals surface area contributed by atoms with Gasteiger partial charge in [-0.1, -0.05) is 6.42 Å². The summed E-state index contributed by atoms with van der Waals surface area (Å²) in [5.74, 6) is 1.73. The van der Waals surface area contributed by atoms with Gasteiger partial charge in [-0.2, -0.15) is 0 Å². The zero-order chi connectivity index (χ0) is 12.4. The first-order valence-corrected chi connectivity index (χ1v) is 7.32. The van der Waals surface area contributed by atoms with E-state index < -0.39 is 0 Å². The van der Waals surface area contributed by atoms with Crippen molar-refractivity contribution in [3.63, 3.8) is 0 Å². The normalized spacial score (nSPS) is 36.6. The molecular weight excluding hydrogens is 230 g/mol. The van der Waals surface area contributed by atoms with E-state index in [4.69, 9.17) is 9.47 Å². The molecule has 0 radical (unpaired) electrons. The molecule has 3 aliphatic rings. The molecule has 0 bridgehead atoms. The van der Waals surface area contributed by atoms with Gasteiger partial charge in [0.15, 0.2) is 0 Å². The Labute approximate surface area is 108 Å². The fraction of sp³-hybridized carbons (Fsp3) is 0.929. The summed E-state index contributed by atoms with van der Waals surface area (Å²) >= 11 is 0. The molecule has 2 aliphatic heterocycles. The molecule has 0 aromatic rings. The molecule has 2 heterocycles. The average Bonchev–Trinajstić information content (AvgIpc) is 2.99. The molecule has 1 N–H and O–H groups in total. The lowest BCUT2D eigenvalue weighted by molar-refractivity contribution is -0.149. The molecule has 0 aromatic carbocycles. The fourth-order valence-corrected chi connectivity index (χ4v) is 3.65. The highest BCUT2D eigenvalue weighted by molar-refractivity contribution is 5.76. The highest BCUT2D eigenvalue weighted by atomic mass is 16.5. The molecular formula is C14H23NO3. The van der Waals surface area contributed by atoms with Crippen molar-refractivity contribution in [3.05, 3.63) is 0 Å². The van der Waals surface area contributed by atoms with Gasteiger partial charge in [-0.15, -0.1) is 0 Å². The third kappa shape index (κ3) is 2.54. The number of carbonyl (C=O) groups is 1. The number of hydrogen-bond acceptors (Lipinski definition) is 4. The Morgan fingerprint density at radius 3 is 2.89 bits per heavy atom. The van der Waals surface area contributed by atoms with Crippen molar-refractivity contribution in [1.82, 2.24) is 5.32 Å². The van der Waals surface area contributed by atoms with Gasteiger partial charge in [0.1, 0.15) is 6.04 Å². The van der Waals surface area contributed by atoms with Crippen LogP contribution in [0.1, 0.15) is 32.1 Å². The summed E-state index contributed by atoms with van der Waals surface area (Å²) in [6.45, 7) is 3.21. The van der Waals surface area contributed by atoms with Crippen molar-refractivity contribution in [3.8, 4) is 0 Å². The second-order valence-corrected chi connectivity index (χ2v) is 5.93. The van der Waals surface area contributed by atoms with E-state index in [-0.39, 0.29) is 12.0 Å². The van der Waals surface area contributed by atoms with E-state index in [1.54, 1.807) is 0 Å². The summed E-state index contributed by atoms with van der Waals surface area (Å²) in [4.78, 5) is 12.1. The van der Waals surface area contributed by atoms with Gasteiger partial charge in [-0.3, -0.25) is 4.79 Å². The van der Waals surface area contributed by atoms with E-state index >= 15 is 0 Å². The van der Waals surface area contributed by atoms with Crippen molar-refractivity contribution >= 4 is 5.97 Å². The summed E-state index contributed by atoms with van der Waals surface area (Å²) in [6, 6.07) is -0.0302. The molecule has 1 saturated carbocycles. The SMILES string of the molecule is O=C(OCC1CCOCC1)C1NCC2CCCC21. The number of ether oxygens (including phenoxy) is 2. The molecule has 18 heavy (non-hydrogen) atoms. The molecule has 0 amide bonds. The maximum Gasteiger partial charge on any atom is 0.323 e. The largest absolute Gasteiger partial charge is 0.464 e. The second kappa shape index (κ2) is 5.57. The van der Waals surface area contributed by atoms with Crippen LogP contribution in [-0.2, 0) is 14.3 Å². The Bertz CT molecular complexity index is 301. The second-order valence-electron chi connectivity index (χ2n) is 5.93. The Kier molecular flexibility index (Phi) is 3.85. The van der Waals surface area contributed by atoms with Crippen molar-refractivity contribution in [2.75, 3.05) is 26.4 Å². The smallest absolute Gasteiger partial charge is 0.323 e. The molecule has 3 fully saturated rings. The minimum Gasteiger partial charge on any atom is -0.464 e. The van der Waals surface area contributed by atoms with Gasteiger partial charge in [0.25, 0.3) is 0 Å². The zero-order valence-electron chi connectivity index (χ0n) is 10.9.